The van der Waals surface area contributed by atoms with E-state index in [0.717, 1.165) is 0 Å². The van der Waals surface area contributed by atoms with E-state index in [1.54, 1.807) is 36.4 Å². The fourth-order valence-electron chi connectivity index (χ4n) is 2.11. The normalized spacial score (nSPS) is 10.0. The first-order chi connectivity index (χ1) is 12.6. The van der Waals surface area contributed by atoms with Crippen molar-refractivity contribution >= 4 is 11.9 Å². The minimum absolute atomic E-state index is 0.00687. The Hall–Kier alpha value is -3.42. The number of carboxylic acid groups (broad SMARTS) is 1. The summed E-state index contributed by atoms with van der Waals surface area (Å²) in [5.74, 6) is -1.11. The van der Waals surface area contributed by atoms with Gasteiger partial charge in [0.25, 0.3) is 0 Å². The molecular weight excluding hydrogens is 342 g/mol. The van der Waals surface area contributed by atoms with Crippen LogP contribution in [-0.2, 0) is 16.1 Å². The zero-order valence-corrected chi connectivity index (χ0v) is 13.8. The molecule has 8 nitrogen and oxygen atoms in total. The SMILES string of the molecule is O=NOCCCOc1ccc(CC(=O)Oc2ccccc2C(=O)O)cc1. The molecule has 136 valence electrons. The van der Waals surface area contributed by atoms with Gasteiger partial charge in [-0.15, -0.1) is 4.91 Å². The summed E-state index contributed by atoms with van der Waals surface area (Å²) in [6.07, 6.45) is 0.510. The van der Waals surface area contributed by atoms with Crippen molar-refractivity contribution in [2.45, 2.75) is 12.8 Å². The van der Waals surface area contributed by atoms with E-state index in [2.05, 4.69) is 10.2 Å². The van der Waals surface area contributed by atoms with Crippen molar-refractivity contribution < 1.29 is 29.0 Å². The molecule has 26 heavy (non-hydrogen) atoms. The number of aromatic carboxylic acids is 1. The number of carboxylic acids is 1. The standard InChI is InChI=1S/C18H17NO7/c20-17(26-16-5-2-1-4-15(16)18(21)22)12-13-6-8-14(9-7-13)24-10-3-11-25-19-23/h1-2,4-9H,3,10-12H2,(H,21,22). The average Bonchev–Trinajstić information content (AvgIpc) is 2.63. The van der Waals surface area contributed by atoms with Gasteiger partial charge in [0, 0.05) is 6.42 Å². The Morgan fingerprint density at radius 1 is 1.00 bits per heavy atom. The van der Waals surface area contributed by atoms with E-state index in [0.29, 0.717) is 24.3 Å². The molecule has 0 saturated carbocycles. The lowest BCUT2D eigenvalue weighted by atomic mass is 10.1. The molecule has 0 aromatic heterocycles. The van der Waals surface area contributed by atoms with E-state index in [1.165, 1.54) is 12.1 Å². The van der Waals surface area contributed by atoms with E-state index < -0.39 is 11.9 Å². The highest BCUT2D eigenvalue weighted by molar-refractivity contribution is 5.92. The lowest BCUT2D eigenvalue weighted by Gasteiger charge is -2.08. The molecule has 0 aliphatic rings. The molecule has 0 unspecified atom stereocenters. The van der Waals surface area contributed by atoms with Crippen LogP contribution in [0, 0.1) is 4.91 Å². The Bertz CT molecular complexity index is 758. The van der Waals surface area contributed by atoms with Gasteiger partial charge in [-0.2, -0.15) is 0 Å². The Morgan fingerprint density at radius 2 is 1.73 bits per heavy atom. The van der Waals surface area contributed by atoms with Crippen LogP contribution in [0.4, 0.5) is 0 Å². The number of carbonyl (C=O) groups excluding carboxylic acids is 1. The van der Waals surface area contributed by atoms with Crippen LogP contribution in [0.2, 0.25) is 0 Å². The monoisotopic (exact) mass is 359 g/mol. The molecule has 0 aliphatic carbocycles. The quantitative estimate of drug-likeness (QED) is 0.228. The summed E-state index contributed by atoms with van der Waals surface area (Å²) in [4.78, 5) is 37.2. The maximum atomic E-state index is 12.0. The van der Waals surface area contributed by atoms with Crippen molar-refractivity contribution in [1.29, 1.82) is 0 Å². The third-order valence-electron chi connectivity index (χ3n) is 3.31. The number of benzene rings is 2. The van der Waals surface area contributed by atoms with Crippen molar-refractivity contribution in [2.24, 2.45) is 5.34 Å². The van der Waals surface area contributed by atoms with Crippen LogP contribution in [-0.4, -0.2) is 30.3 Å². The van der Waals surface area contributed by atoms with Gasteiger partial charge in [-0.3, -0.25) is 4.79 Å². The Labute approximate surface area is 149 Å². The second-order valence-electron chi connectivity index (χ2n) is 5.21. The van der Waals surface area contributed by atoms with Crippen LogP contribution >= 0.6 is 0 Å². The molecule has 0 atom stereocenters. The Kier molecular flexibility index (Phi) is 7.11. The molecule has 0 amide bonds. The smallest absolute Gasteiger partial charge is 0.339 e. The van der Waals surface area contributed by atoms with E-state index in [1.807, 2.05) is 0 Å². The van der Waals surface area contributed by atoms with Crippen LogP contribution in [0.15, 0.2) is 53.9 Å². The van der Waals surface area contributed by atoms with Crippen LogP contribution in [0.5, 0.6) is 11.5 Å². The number of hydrogen-bond acceptors (Lipinski definition) is 7. The van der Waals surface area contributed by atoms with Crippen molar-refractivity contribution in [2.75, 3.05) is 13.2 Å². The molecular formula is C18H17NO7. The average molecular weight is 359 g/mol. The maximum Gasteiger partial charge on any atom is 0.339 e. The summed E-state index contributed by atoms with van der Waals surface area (Å²) < 4.78 is 10.6. The molecule has 1 N–H and O–H groups in total. The van der Waals surface area contributed by atoms with Gasteiger partial charge in [-0.05, 0) is 29.8 Å². The molecule has 0 saturated heterocycles. The van der Waals surface area contributed by atoms with E-state index in [-0.39, 0.29) is 24.3 Å². The van der Waals surface area contributed by atoms with Gasteiger partial charge in [0.2, 0.25) is 0 Å². The number of ether oxygens (including phenoxy) is 2. The van der Waals surface area contributed by atoms with E-state index >= 15 is 0 Å². The van der Waals surface area contributed by atoms with Gasteiger partial charge in [0.05, 0.1) is 13.0 Å². The molecule has 2 rings (SSSR count). The third-order valence-corrected chi connectivity index (χ3v) is 3.31. The number of rotatable bonds is 10. The lowest BCUT2D eigenvalue weighted by Crippen LogP contribution is -2.13. The van der Waals surface area contributed by atoms with Gasteiger partial charge >= 0.3 is 11.9 Å². The van der Waals surface area contributed by atoms with Gasteiger partial charge in [0.1, 0.15) is 23.7 Å². The van der Waals surface area contributed by atoms with E-state index in [9.17, 15) is 14.5 Å². The number of para-hydroxylation sites is 1. The van der Waals surface area contributed by atoms with Gasteiger partial charge in [-0.1, -0.05) is 24.3 Å². The first-order valence-electron chi connectivity index (χ1n) is 7.79. The molecule has 8 heteroatoms. The molecule has 0 bridgehead atoms. The number of nitrogens with zero attached hydrogens (tertiary/aromatic N) is 1. The van der Waals surface area contributed by atoms with Crippen molar-refractivity contribution in [3.8, 4) is 11.5 Å². The van der Waals surface area contributed by atoms with E-state index in [4.69, 9.17) is 14.6 Å². The zero-order valence-electron chi connectivity index (χ0n) is 13.8. The third kappa shape index (κ3) is 5.90. The second kappa shape index (κ2) is 9.77. The van der Waals surface area contributed by atoms with Crippen molar-refractivity contribution in [3.05, 3.63) is 64.6 Å². The summed E-state index contributed by atoms with van der Waals surface area (Å²) in [6, 6.07) is 12.8. The highest BCUT2D eigenvalue weighted by Gasteiger charge is 2.14. The van der Waals surface area contributed by atoms with Crippen molar-refractivity contribution in [1.82, 2.24) is 0 Å². The first kappa shape index (κ1) is 18.9. The highest BCUT2D eigenvalue weighted by atomic mass is 16.7. The molecule has 0 fully saturated rings. The predicted octanol–water partition coefficient (Wildman–Crippen LogP) is 3.00. The summed E-state index contributed by atoms with van der Waals surface area (Å²) in [7, 11) is 0. The minimum atomic E-state index is -1.16. The number of hydrogen-bond donors (Lipinski definition) is 1. The number of esters is 1. The lowest BCUT2D eigenvalue weighted by molar-refractivity contribution is -0.133. The predicted molar refractivity (Wildman–Crippen MR) is 91.0 cm³/mol. The van der Waals surface area contributed by atoms with Crippen LogP contribution in [0.1, 0.15) is 22.3 Å². The summed E-state index contributed by atoms with van der Waals surface area (Å²) in [5.41, 5.74) is 0.627. The molecule has 0 radical (unpaired) electrons. The van der Waals surface area contributed by atoms with Gasteiger partial charge in [-0.25, -0.2) is 4.79 Å². The highest BCUT2D eigenvalue weighted by Crippen LogP contribution is 2.19. The summed E-state index contributed by atoms with van der Waals surface area (Å²) >= 11 is 0. The largest absolute Gasteiger partial charge is 0.493 e. The van der Waals surface area contributed by atoms with Crippen LogP contribution in [0.25, 0.3) is 0 Å². The molecule has 2 aromatic carbocycles. The summed E-state index contributed by atoms with van der Waals surface area (Å²) in [5, 5.41) is 11.4. The van der Waals surface area contributed by atoms with Crippen LogP contribution in [0.3, 0.4) is 0 Å². The fraction of sp³-hybridized carbons (Fsp3) is 0.222. The first-order valence-corrected chi connectivity index (χ1v) is 7.79. The molecule has 2 aromatic rings. The maximum absolute atomic E-state index is 12.0. The van der Waals surface area contributed by atoms with Crippen molar-refractivity contribution in [3.63, 3.8) is 0 Å². The minimum Gasteiger partial charge on any atom is -0.493 e. The topological polar surface area (TPSA) is 111 Å². The Morgan fingerprint density at radius 3 is 2.42 bits per heavy atom. The summed E-state index contributed by atoms with van der Waals surface area (Å²) in [6.45, 7) is 0.550. The Balaban J connectivity index is 1.86. The number of carbonyl (C=O) groups is 2. The molecule has 0 spiro atoms. The second-order valence-corrected chi connectivity index (χ2v) is 5.21. The zero-order chi connectivity index (χ0) is 18.8. The fourth-order valence-corrected chi connectivity index (χ4v) is 2.11. The molecule has 0 aliphatic heterocycles. The van der Waals surface area contributed by atoms with Gasteiger partial charge in [0.15, 0.2) is 5.34 Å². The van der Waals surface area contributed by atoms with Gasteiger partial charge < -0.3 is 19.4 Å². The van der Waals surface area contributed by atoms with Crippen LogP contribution < -0.4 is 9.47 Å². The molecule has 0 heterocycles.